The van der Waals surface area contributed by atoms with Crippen molar-refractivity contribution in [3.05, 3.63) is 41.5 Å². The highest BCUT2D eigenvalue weighted by Crippen LogP contribution is 2.57. The first-order chi connectivity index (χ1) is 12.5. The lowest BCUT2D eigenvalue weighted by Gasteiger charge is -2.50. The van der Waals surface area contributed by atoms with Crippen LogP contribution in [-0.2, 0) is 21.5 Å². The van der Waals surface area contributed by atoms with Crippen LogP contribution in [0, 0.1) is 10.8 Å². The first-order valence-electron chi connectivity index (χ1n) is 9.30. The van der Waals surface area contributed by atoms with E-state index in [2.05, 4.69) is 26.8 Å². The molecule has 0 bridgehead atoms. The van der Waals surface area contributed by atoms with Crippen molar-refractivity contribution in [2.24, 2.45) is 16.0 Å². The van der Waals surface area contributed by atoms with Gasteiger partial charge in [-0.2, -0.15) is 13.6 Å². The van der Waals surface area contributed by atoms with Gasteiger partial charge in [0.05, 0.1) is 0 Å². The van der Waals surface area contributed by atoms with Gasteiger partial charge in [-0.3, -0.25) is 4.79 Å². The number of ketones is 1. The van der Waals surface area contributed by atoms with Gasteiger partial charge in [0, 0.05) is 11.8 Å². The minimum absolute atomic E-state index is 0.0119. The van der Waals surface area contributed by atoms with Crippen LogP contribution in [0.2, 0.25) is 0 Å². The van der Waals surface area contributed by atoms with Crippen molar-refractivity contribution >= 4 is 26.9 Å². The van der Waals surface area contributed by atoms with E-state index in [1.165, 1.54) is 11.1 Å². The fraction of sp³-hybridized carbons (Fsp3) is 0.476. The Hall–Kier alpha value is -1.92. The number of benzene rings is 2. The van der Waals surface area contributed by atoms with Crippen molar-refractivity contribution in [2.45, 2.75) is 52.4 Å². The van der Waals surface area contributed by atoms with Gasteiger partial charge in [-0.1, -0.05) is 39.0 Å². The Bertz CT molecular complexity index is 1060. The molecule has 0 aromatic heterocycles. The maximum atomic E-state index is 12.9. The normalized spacial score (nSPS) is 27.1. The molecule has 1 saturated carbocycles. The molecule has 6 heteroatoms. The van der Waals surface area contributed by atoms with E-state index in [1.54, 1.807) is 12.1 Å². The Labute approximate surface area is 160 Å². The van der Waals surface area contributed by atoms with Crippen LogP contribution < -0.4 is 9.32 Å². The molecule has 4 rings (SSSR count). The second-order valence-electron chi connectivity index (χ2n) is 9.03. The topological polar surface area (TPSA) is 86.5 Å². The van der Waals surface area contributed by atoms with E-state index in [-0.39, 0.29) is 22.5 Å². The van der Waals surface area contributed by atoms with E-state index in [1.807, 2.05) is 12.1 Å². The Morgan fingerprint density at radius 3 is 2.59 bits per heavy atom. The molecule has 2 aromatic rings. The number of rotatable bonds is 2. The van der Waals surface area contributed by atoms with E-state index in [0.29, 0.717) is 12.2 Å². The van der Waals surface area contributed by atoms with Gasteiger partial charge >= 0.3 is 10.3 Å². The van der Waals surface area contributed by atoms with E-state index in [9.17, 15) is 13.2 Å². The van der Waals surface area contributed by atoms with E-state index in [0.717, 1.165) is 30.0 Å². The summed E-state index contributed by atoms with van der Waals surface area (Å²) in [5.74, 6) is 0.813. The zero-order chi connectivity index (χ0) is 19.6. The van der Waals surface area contributed by atoms with Gasteiger partial charge in [0.1, 0.15) is 11.5 Å². The van der Waals surface area contributed by atoms with Crippen molar-refractivity contribution in [3.8, 4) is 5.75 Å². The summed E-state index contributed by atoms with van der Waals surface area (Å²) in [5, 5.41) is 6.97. The zero-order valence-electron chi connectivity index (χ0n) is 15.9. The summed E-state index contributed by atoms with van der Waals surface area (Å²) in [6, 6.07) is 9.32. The van der Waals surface area contributed by atoms with Crippen molar-refractivity contribution in [1.29, 1.82) is 0 Å². The zero-order valence-corrected chi connectivity index (χ0v) is 16.7. The average molecular weight is 388 g/mol. The fourth-order valence-corrected chi connectivity index (χ4v) is 5.38. The van der Waals surface area contributed by atoms with Crippen LogP contribution >= 0.6 is 0 Å². The molecule has 0 spiro atoms. The molecule has 0 aliphatic heterocycles. The predicted octanol–water partition coefficient (Wildman–Crippen LogP) is 3.85. The first-order valence-corrected chi connectivity index (χ1v) is 10.8. The summed E-state index contributed by atoms with van der Waals surface area (Å²) >= 11 is 0. The number of carbonyl (C=O) groups is 1. The molecule has 2 atom stereocenters. The minimum Gasteiger partial charge on any atom is -0.371 e. The number of hydrogen-bond acceptors (Lipinski definition) is 4. The molecule has 2 N–H and O–H groups in total. The maximum absolute atomic E-state index is 12.9. The third kappa shape index (κ3) is 3.15. The molecule has 0 heterocycles. The Morgan fingerprint density at radius 2 is 1.89 bits per heavy atom. The number of hydrogen-bond donors (Lipinski definition) is 1. The van der Waals surface area contributed by atoms with Crippen LogP contribution in [0.25, 0.3) is 10.8 Å². The van der Waals surface area contributed by atoms with E-state index >= 15 is 0 Å². The van der Waals surface area contributed by atoms with Gasteiger partial charge in [-0.15, -0.1) is 0 Å². The SMILES string of the molecule is CC1(C)CC(=O)[C@@]2(C)CCc3c(ccc4cc(OS(N)(=O)=O)ccc34)[C@@H]2C1. The Balaban J connectivity index is 1.82. The van der Waals surface area contributed by atoms with Gasteiger partial charge in [0.15, 0.2) is 0 Å². The standard InChI is InChI=1S/C21H25NO4S/c1-20(2)11-18-17-6-4-13-10-14(26-27(22,24)25)5-7-15(13)16(17)8-9-21(18,3)19(23)12-20/h4-7,10,18H,8-9,11-12H2,1-3H3,(H2,22,24,25)/t18-,21-/m0/s1. The molecule has 0 unspecified atom stereocenters. The van der Waals surface area contributed by atoms with E-state index < -0.39 is 10.3 Å². The molecule has 2 aliphatic rings. The van der Waals surface area contributed by atoms with Crippen molar-refractivity contribution < 1.29 is 17.4 Å². The van der Waals surface area contributed by atoms with Gasteiger partial charge < -0.3 is 4.18 Å². The quantitative estimate of drug-likeness (QED) is 0.848. The number of carbonyl (C=O) groups excluding carboxylic acids is 1. The lowest BCUT2D eigenvalue weighted by Crippen LogP contribution is -2.46. The number of fused-ring (bicyclic) bond motifs is 5. The molecule has 27 heavy (non-hydrogen) atoms. The van der Waals surface area contributed by atoms with E-state index in [4.69, 9.17) is 9.32 Å². The van der Waals surface area contributed by atoms with Crippen molar-refractivity contribution in [1.82, 2.24) is 0 Å². The Kier molecular flexibility index (Phi) is 3.95. The molecular formula is C21H25NO4S. The molecule has 0 saturated heterocycles. The molecule has 0 radical (unpaired) electrons. The first kappa shape index (κ1) is 18.4. The average Bonchev–Trinajstić information content (AvgIpc) is 2.54. The highest BCUT2D eigenvalue weighted by molar-refractivity contribution is 7.84. The Morgan fingerprint density at radius 1 is 1.15 bits per heavy atom. The third-order valence-electron chi connectivity index (χ3n) is 6.42. The molecule has 5 nitrogen and oxygen atoms in total. The maximum Gasteiger partial charge on any atom is 0.380 e. The van der Waals surface area contributed by atoms with Crippen LogP contribution in [0.4, 0.5) is 0 Å². The second kappa shape index (κ2) is 5.79. The fourth-order valence-electron chi connectivity index (χ4n) is 5.01. The second-order valence-corrected chi connectivity index (χ2v) is 10.2. The molecule has 144 valence electrons. The smallest absolute Gasteiger partial charge is 0.371 e. The number of aryl methyl sites for hydroxylation is 1. The summed E-state index contributed by atoms with van der Waals surface area (Å²) in [4.78, 5) is 12.9. The predicted molar refractivity (Wildman–Crippen MR) is 105 cm³/mol. The summed E-state index contributed by atoms with van der Waals surface area (Å²) in [6.07, 6.45) is 3.35. The van der Waals surface area contributed by atoms with Crippen LogP contribution in [0.5, 0.6) is 5.75 Å². The number of Topliss-reactive ketones (excluding diaryl/α,β-unsaturated/α-hetero) is 1. The molecule has 1 fully saturated rings. The lowest BCUT2D eigenvalue weighted by atomic mass is 9.53. The van der Waals surface area contributed by atoms with Gasteiger partial charge in [-0.25, -0.2) is 0 Å². The summed E-state index contributed by atoms with van der Waals surface area (Å²) in [6.45, 7) is 6.48. The van der Waals surface area contributed by atoms with Crippen molar-refractivity contribution in [2.75, 3.05) is 0 Å². The van der Waals surface area contributed by atoms with Crippen LogP contribution in [-0.4, -0.2) is 14.2 Å². The highest BCUT2D eigenvalue weighted by atomic mass is 32.2. The molecular weight excluding hydrogens is 362 g/mol. The summed E-state index contributed by atoms with van der Waals surface area (Å²) < 4.78 is 27.2. The molecule has 0 amide bonds. The van der Waals surface area contributed by atoms with Gasteiger partial charge in [0.2, 0.25) is 0 Å². The van der Waals surface area contributed by atoms with Crippen LogP contribution in [0.1, 0.15) is 57.1 Å². The lowest BCUT2D eigenvalue weighted by molar-refractivity contribution is -0.136. The largest absolute Gasteiger partial charge is 0.380 e. The van der Waals surface area contributed by atoms with Gasteiger partial charge in [-0.05, 0) is 64.6 Å². The summed E-state index contributed by atoms with van der Waals surface area (Å²) in [7, 11) is -4.04. The molecule has 2 aliphatic carbocycles. The highest BCUT2D eigenvalue weighted by Gasteiger charge is 2.51. The summed E-state index contributed by atoms with van der Waals surface area (Å²) in [5.41, 5.74) is 2.25. The van der Waals surface area contributed by atoms with Crippen LogP contribution in [0.15, 0.2) is 30.3 Å². The minimum atomic E-state index is -4.04. The van der Waals surface area contributed by atoms with Crippen LogP contribution in [0.3, 0.4) is 0 Å². The molecule has 2 aromatic carbocycles. The van der Waals surface area contributed by atoms with Crippen molar-refractivity contribution in [3.63, 3.8) is 0 Å². The van der Waals surface area contributed by atoms with Gasteiger partial charge in [0.25, 0.3) is 0 Å². The third-order valence-corrected chi connectivity index (χ3v) is 6.85. The monoisotopic (exact) mass is 387 g/mol. The number of nitrogens with two attached hydrogens (primary N) is 1.